The van der Waals surface area contributed by atoms with Gasteiger partial charge in [-0.3, -0.25) is 0 Å². The molecule has 3 heteroatoms. The first kappa shape index (κ1) is 12.7. The molecule has 1 saturated carbocycles. The molecular weight excluding hydrogens is 238 g/mol. The molecule has 0 spiro atoms. The Labute approximate surface area is 113 Å². The fraction of sp³-hybridized carbons (Fsp3) is 0.500. The number of aliphatic hydroxyl groups is 1. The summed E-state index contributed by atoms with van der Waals surface area (Å²) in [6.45, 7) is 2.04. The number of hydrogen-bond donors (Lipinski definition) is 2. The normalized spacial score (nSPS) is 27.8. The van der Waals surface area contributed by atoms with E-state index in [1.807, 2.05) is 38.2 Å². The van der Waals surface area contributed by atoms with Crippen molar-refractivity contribution in [2.75, 3.05) is 7.05 Å². The molecule has 0 saturated heterocycles. The van der Waals surface area contributed by atoms with E-state index in [0.717, 1.165) is 48.0 Å². The molecule has 1 aromatic carbocycles. The van der Waals surface area contributed by atoms with Crippen molar-refractivity contribution in [3.8, 4) is 0 Å². The molecule has 1 aliphatic carbocycles. The first-order chi connectivity index (χ1) is 9.12. The average Bonchev–Trinajstić information content (AvgIpc) is 2.86. The van der Waals surface area contributed by atoms with Gasteiger partial charge >= 0.3 is 0 Å². The molecule has 1 fully saturated rings. The molecule has 0 unspecified atom stereocenters. The van der Waals surface area contributed by atoms with Crippen molar-refractivity contribution in [1.82, 2.24) is 5.32 Å². The molecule has 19 heavy (non-hydrogen) atoms. The van der Waals surface area contributed by atoms with E-state index in [0.29, 0.717) is 6.04 Å². The van der Waals surface area contributed by atoms with Crippen LogP contribution in [0.15, 0.2) is 28.7 Å². The Morgan fingerprint density at radius 1 is 1.32 bits per heavy atom. The average molecular weight is 259 g/mol. The fourth-order valence-electron chi connectivity index (χ4n) is 3.07. The van der Waals surface area contributed by atoms with Gasteiger partial charge in [-0.15, -0.1) is 0 Å². The second kappa shape index (κ2) is 4.66. The minimum Gasteiger partial charge on any atom is -0.458 e. The van der Waals surface area contributed by atoms with Crippen molar-refractivity contribution < 1.29 is 9.52 Å². The molecule has 1 aromatic heterocycles. The molecule has 0 aliphatic heterocycles. The van der Waals surface area contributed by atoms with Gasteiger partial charge in [0.05, 0.1) is 0 Å². The van der Waals surface area contributed by atoms with Crippen molar-refractivity contribution in [1.29, 1.82) is 0 Å². The Hall–Kier alpha value is -1.32. The lowest BCUT2D eigenvalue weighted by Gasteiger charge is -2.34. The molecule has 102 valence electrons. The van der Waals surface area contributed by atoms with Crippen molar-refractivity contribution in [3.05, 3.63) is 35.6 Å². The number of rotatable bonds is 2. The van der Waals surface area contributed by atoms with E-state index in [9.17, 15) is 5.11 Å². The second-order valence-corrected chi connectivity index (χ2v) is 5.70. The van der Waals surface area contributed by atoms with Crippen LogP contribution in [0.4, 0.5) is 0 Å². The highest BCUT2D eigenvalue weighted by molar-refractivity contribution is 5.81. The molecule has 1 aliphatic rings. The second-order valence-electron chi connectivity index (χ2n) is 5.70. The van der Waals surface area contributed by atoms with E-state index in [1.54, 1.807) is 0 Å². The summed E-state index contributed by atoms with van der Waals surface area (Å²) in [5.74, 6) is 0.728. The number of nitrogens with one attached hydrogen (secondary N) is 1. The molecule has 3 rings (SSSR count). The van der Waals surface area contributed by atoms with E-state index in [2.05, 4.69) is 5.32 Å². The molecule has 0 bridgehead atoms. The maximum absolute atomic E-state index is 10.8. The maximum Gasteiger partial charge on any atom is 0.137 e. The molecule has 0 amide bonds. The van der Waals surface area contributed by atoms with Gasteiger partial charge in [0, 0.05) is 11.4 Å². The number of benzene rings is 1. The van der Waals surface area contributed by atoms with Crippen LogP contribution in [0.25, 0.3) is 11.0 Å². The smallest absolute Gasteiger partial charge is 0.137 e. The van der Waals surface area contributed by atoms with Crippen LogP contribution in [0.2, 0.25) is 0 Å². The van der Waals surface area contributed by atoms with Gasteiger partial charge in [0.1, 0.15) is 16.9 Å². The number of hydrogen-bond acceptors (Lipinski definition) is 3. The van der Waals surface area contributed by atoms with E-state index >= 15 is 0 Å². The highest BCUT2D eigenvalue weighted by Gasteiger charge is 2.37. The number of furan rings is 1. The van der Waals surface area contributed by atoms with Crippen LogP contribution < -0.4 is 5.32 Å². The quantitative estimate of drug-likeness (QED) is 0.871. The number of aryl methyl sites for hydroxylation is 1. The standard InChI is InChI=1S/C16H21NO2/c1-11-4-3-5-12-10-14(19-15(11)12)16(18)8-6-13(17-2)7-9-16/h3-5,10,13,17-18H,6-9H2,1-2H3. The van der Waals surface area contributed by atoms with Gasteiger partial charge in [-0.25, -0.2) is 0 Å². The third kappa shape index (κ3) is 2.17. The van der Waals surface area contributed by atoms with E-state index in [4.69, 9.17) is 4.42 Å². The monoisotopic (exact) mass is 259 g/mol. The van der Waals surface area contributed by atoms with Crippen molar-refractivity contribution >= 4 is 11.0 Å². The van der Waals surface area contributed by atoms with Gasteiger partial charge in [-0.1, -0.05) is 18.2 Å². The van der Waals surface area contributed by atoms with Gasteiger partial charge < -0.3 is 14.8 Å². The third-order valence-corrected chi connectivity index (χ3v) is 4.42. The van der Waals surface area contributed by atoms with Gasteiger partial charge in [0.2, 0.25) is 0 Å². The zero-order valence-electron chi connectivity index (χ0n) is 11.6. The SMILES string of the molecule is CNC1CCC(O)(c2cc3cccc(C)c3o2)CC1. The first-order valence-corrected chi connectivity index (χ1v) is 7.02. The summed E-state index contributed by atoms with van der Waals surface area (Å²) in [7, 11) is 1.99. The van der Waals surface area contributed by atoms with Gasteiger partial charge in [0.25, 0.3) is 0 Å². The van der Waals surface area contributed by atoms with Crippen molar-refractivity contribution in [2.45, 2.75) is 44.2 Å². The van der Waals surface area contributed by atoms with E-state index in [-0.39, 0.29) is 0 Å². The predicted molar refractivity (Wildman–Crippen MR) is 76.2 cm³/mol. The largest absolute Gasteiger partial charge is 0.458 e. The van der Waals surface area contributed by atoms with Gasteiger partial charge in [0.15, 0.2) is 0 Å². The van der Waals surface area contributed by atoms with E-state index < -0.39 is 5.60 Å². The Morgan fingerprint density at radius 2 is 2.05 bits per heavy atom. The molecule has 0 atom stereocenters. The molecule has 0 radical (unpaired) electrons. The van der Waals surface area contributed by atoms with Gasteiger partial charge in [-0.2, -0.15) is 0 Å². The van der Waals surface area contributed by atoms with Crippen LogP contribution >= 0.6 is 0 Å². The topological polar surface area (TPSA) is 45.4 Å². The van der Waals surface area contributed by atoms with Crippen LogP contribution in [0.3, 0.4) is 0 Å². The molecular formula is C16H21NO2. The Bertz CT molecular complexity index is 579. The summed E-state index contributed by atoms with van der Waals surface area (Å²) in [6.07, 6.45) is 3.50. The van der Waals surface area contributed by atoms with Gasteiger partial charge in [-0.05, 0) is 51.3 Å². The van der Waals surface area contributed by atoms with Crippen LogP contribution in [0.1, 0.15) is 37.0 Å². The fourth-order valence-corrected chi connectivity index (χ4v) is 3.07. The summed E-state index contributed by atoms with van der Waals surface area (Å²) < 4.78 is 5.94. The lowest BCUT2D eigenvalue weighted by atomic mass is 9.80. The third-order valence-electron chi connectivity index (χ3n) is 4.42. The van der Waals surface area contributed by atoms with Crippen molar-refractivity contribution in [3.63, 3.8) is 0 Å². The zero-order valence-corrected chi connectivity index (χ0v) is 11.6. The molecule has 2 N–H and O–H groups in total. The lowest BCUT2D eigenvalue weighted by molar-refractivity contribution is -0.0249. The number of fused-ring (bicyclic) bond motifs is 1. The minimum atomic E-state index is -0.793. The van der Waals surface area contributed by atoms with Crippen LogP contribution in [-0.2, 0) is 5.60 Å². The molecule has 3 nitrogen and oxygen atoms in total. The summed E-state index contributed by atoms with van der Waals surface area (Å²) in [4.78, 5) is 0. The first-order valence-electron chi connectivity index (χ1n) is 7.02. The molecule has 2 aromatic rings. The zero-order chi connectivity index (χ0) is 13.5. The summed E-state index contributed by atoms with van der Waals surface area (Å²) in [5, 5.41) is 15.2. The minimum absolute atomic E-state index is 0.520. The lowest BCUT2D eigenvalue weighted by Crippen LogP contribution is -2.38. The highest BCUT2D eigenvalue weighted by atomic mass is 16.4. The van der Waals surface area contributed by atoms with Crippen molar-refractivity contribution in [2.24, 2.45) is 0 Å². The number of para-hydroxylation sites is 1. The molecule has 1 heterocycles. The summed E-state index contributed by atoms with van der Waals surface area (Å²) >= 11 is 0. The summed E-state index contributed by atoms with van der Waals surface area (Å²) in [6, 6.07) is 8.63. The van der Waals surface area contributed by atoms with E-state index in [1.165, 1.54) is 0 Å². The Balaban J connectivity index is 1.93. The predicted octanol–water partition coefficient (Wildman–Crippen LogP) is 3.09. The van der Waals surface area contributed by atoms with Crippen LogP contribution in [-0.4, -0.2) is 18.2 Å². The Morgan fingerprint density at radius 3 is 2.68 bits per heavy atom. The van der Waals surface area contributed by atoms with Crippen LogP contribution in [0.5, 0.6) is 0 Å². The maximum atomic E-state index is 10.8. The summed E-state index contributed by atoms with van der Waals surface area (Å²) in [5.41, 5.74) is 1.23. The van der Waals surface area contributed by atoms with Crippen LogP contribution in [0, 0.1) is 6.92 Å². The Kier molecular flexibility index (Phi) is 3.11. The highest BCUT2D eigenvalue weighted by Crippen LogP contribution is 2.39.